The molecule has 1 heterocycles. The molecule has 0 fully saturated rings. The van der Waals surface area contributed by atoms with Crippen LogP contribution >= 0.6 is 15.9 Å². The van der Waals surface area contributed by atoms with Gasteiger partial charge in [0.2, 0.25) is 0 Å². The molecule has 0 bridgehead atoms. The quantitative estimate of drug-likeness (QED) is 0.794. The first-order valence-electron chi connectivity index (χ1n) is 7.36. The van der Waals surface area contributed by atoms with Gasteiger partial charge in [0.1, 0.15) is 0 Å². The third kappa shape index (κ3) is 4.06. The molecule has 0 aliphatic heterocycles. The van der Waals surface area contributed by atoms with Crippen molar-refractivity contribution in [3.8, 4) is 0 Å². The number of hydrogen-bond acceptors (Lipinski definition) is 2. The smallest absolute Gasteiger partial charge is 0.0701 e. The SMILES string of the molecule is CCCNC(c1c(Br)cnn1C(C)C)C(C)C(C)C. The molecular formula is C15H28BrN3. The van der Waals surface area contributed by atoms with E-state index in [4.69, 9.17) is 0 Å². The highest BCUT2D eigenvalue weighted by Crippen LogP contribution is 2.33. The third-order valence-electron chi connectivity index (χ3n) is 3.76. The maximum atomic E-state index is 4.52. The van der Waals surface area contributed by atoms with Gasteiger partial charge in [0.25, 0.3) is 0 Å². The van der Waals surface area contributed by atoms with Gasteiger partial charge in [-0.25, -0.2) is 0 Å². The Morgan fingerprint density at radius 3 is 2.37 bits per heavy atom. The molecule has 0 aromatic carbocycles. The highest BCUT2D eigenvalue weighted by atomic mass is 79.9. The second-order valence-corrected chi connectivity index (χ2v) is 6.81. The number of halogens is 1. The molecule has 4 heteroatoms. The van der Waals surface area contributed by atoms with Gasteiger partial charge < -0.3 is 5.32 Å². The fourth-order valence-corrected chi connectivity index (χ4v) is 2.79. The van der Waals surface area contributed by atoms with Gasteiger partial charge in [-0.3, -0.25) is 4.68 Å². The van der Waals surface area contributed by atoms with Crippen molar-refractivity contribution in [3.05, 3.63) is 16.4 Å². The Bertz CT molecular complexity index is 385. The van der Waals surface area contributed by atoms with Crippen LogP contribution in [0, 0.1) is 11.8 Å². The second-order valence-electron chi connectivity index (χ2n) is 5.95. The van der Waals surface area contributed by atoms with Crippen molar-refractivity contribution < 1.29 is 0 Å². The minimum atomic E-state index is 0.347. The Hall–Kier alpha value is -0.350. The first-order valence-corrected chi connectivity index (χ1v) is 8.15. The number of nitrogens with zero attached hydrogens (tertiary/aromatic N) is 2. The number of nitrogens with one attached hydrogen (secondary N) is 1. The predicted octanol–water partition coefficient (Wildman–Crippen LogP) is 4.56. The topological polar surface area (TPSA) is 29.9 Å². The van der Waals surface area contributed by atoms with E-state index in [2.05, 4.69) is 72.6 Å². The van der Waals surface area contributed by atoms with Gasteiger partial charge in [0.15, 0.2) is 0 Å². The van der Waals surface area contributed by atoms with Crippen LogP contribution in [0.4, 0.5) is 0 Å². The van der Waals surface area contributed by atoms with Crippen molar-refractivity contribution in [2.45, 2.75) is 60.0 Å². The van der Waals surface area contributed by atoms with Gasteiger partial charge in [0.05, 0.1) is 22.4 Å². The van der Waals surface area contributed by atoms with E-state index in [-0.39, 0.29) is 0 Å². The summed E-state index contributed by atoms with van der Waals surface area (Å²) in [5, 5.41) is 8.21. The normalized spacial score (nSPS) is 15.2. The Balaban J connectivity index is 3.12. The summed E-state index contributed by atoms with van der Waals surface area (Å²) in [4.78, 5) is 0. The summed E-state index contributed by atoms with van der Waals surface area (Å²) in [5.74, 6) is 1.20. The Labute approximate surface area is 126 Å². The van der Waals surface area contributed by atoms with Crippen LogP contribution < -0.4 is 5.32 Å². The lowest BCUT2D eigenvalue weighted by molar-refractivity contribution is 0.284. The summed E-state index contributed by atoms with van der Waals surface area (Å²) in [7, 11) is 0. The van der Waals surface area contributed by atoms with Crippen LogP contribution in [0.15, 0.2) is 10.7 Å². The molecule has 0 saturated heterocycles. The van der Waals surface area contributed by atoms with E-state index in [1.807, 2.05) is 6.20 Å². The predicted molar refractivity (Wildman–Crippen MR) is 85.3 cm³/mol. The van der Waals surface area contributed by atoms with E-state index in [1.54, 1.807) is 0 Å². The highest BCUT2D eigenvalue weighted by molar-refractivity contribution is 9.10. The molecule has 2 atom stereocenters. The van der Waals surface area contributed by atoms with E-state index < -0.39 is 0 Å². The standard InChI is InChI=1S/C15H28BrN3/c1-7-8-17-14(12(6)10(2)3)15-13(16)9-18-19(15)11(4)5/h9-12,14,17H,7-8H2,1-6H3. The molecule has 1 aromatic rings. The zero-order chi connectivity index (χ0) is 14.6. The lowest BCUT2D eigenvalue weighted by atomic mass is 9.88. The zero-order valence-electron chi connectivity index (χ0n) is 13.1. The summed E-state index contributed by atoms with van der Waals surface area (Å²) in [6.07, 6.45) is 3.07. The Morgan fingerprint density at radius 2 is 1.89 bits per heavy atom. The zero-order valence-corrected chi connectivity index (χ0v) is 14.7. The first-order chi connectivity index (χ1) is 8.90. The largest absolute Gasteiger partial charge is 0.308 e. The average Bonchev–Trinajstić information content (AvgIpc) is 2.72. The minimum Gasteiger partial charge on any atom is -0.308 e. The lowest BCUT2D eigenvalue weighted by Crippen LogP contribution is -2.32. The van der Waals surface area contributed by atoms with Crippen molar-refractivity contribution in [2.75, 3.05) is 6.54 Å². The van der Waals surface area contributed by atoms with Crippen molar-refractivity contribution in [1.82, 2.24) is 15.1 Å². The molecule has 0 aliphatic rings. The fraction of sp³-hybridized carbons (Fsp3) is 0.800. The molecule has 1 rings (SSSR count). The third-order valence-corrected chi connectivity index (χ3v) is 4.37. The monoisotopic (exact) mass is 329 g/mol. The van der Waals surface area contributed by atoms with Crippen LogP contribution in [0.3, 0.4) is 0 Å². The molecule has 0 amide bonds. The van der Waals surface area contributed by atoms with E-state index >= 15 is 0 Å². The average molecular weight is 330 g/mol. The molecule has 0 radical (unpaired) electrons. The van der Waals surface area contributed by atoms with Crippen LogP contribution in [0.1, 0.15) is 65.7 Å². The Morgan fingerprint density at radius 1 is 1.26 bits per heavy atom. The van der Waals surface area contributed by atoms with Crippen LogP contribution in [0.5, 0.6) is 0 Å². The fourth-order valence-electron chi connectivity index (χ4n) is 2.27. The molecule has 2 unspecified atom stereocenters. The molecule has 1 aromatic heterocycles. The van der Waals surface area contributed by atoms with E-state index in [0.29, 0.717) is 23.9 Å². The molecule has 0 aliphatic carbocycles. The summed E-state index contributed by atoms with van der Waals surface area (Å²) >= 11 is 3.67. The van der Waals surface area contributed by atoms with Crippen molar-refractivity contribution in [1.29, 1.82) is 0 Å². The van der Waals surface area contributed by atoms with Gasteiger partial charge in [-0.05, 0) is 54.6 Å². The van der Waals surface area contributed by atoms with Crippen LogP contribution in [0.2, 0.25) is 0 Å². The van der Waals surface area contributed by atoms with Gasteiger partial charge in [0, 0.05) is 6.04 Å². The Kier molecular flexibility index (Phi) is 6.54. The number of aromatic nitrogens is 2. The summed E-state index contributed by atoms with van der Waals surface area (Å²) in [6.45, 7) is 14.5. The van der Waals surface area contributed by atoms with Crippen molar-refractivity contribution in [2.24, 2.45) is 11.8 Å². The number of hydrogen-bond donors (Lipinski definition) is 1. The summed E-state index contributed by atoms with van der Waals surface area (Å²) < 4.78 is 3.25. The van der Waals surface area contributed by atoms with Crippen LogP contribution in [-0.4, -0.2) is 16.3 Å². The summed E-state index contributed by atoms with van der Waals surface area (Å²) in [5.41, 5.74) is 1.28. The maximum Gasteiger partial charge on any atom is 0.0701 e. The highest BCUT2D eigenvalue weighted by Gasteiger charge is 2.27. The van der Waals surface area contributed by atoms with Gasteiger partial charge in [-0.2, -0.15) is 5.10 Å². The second kappa shape index (κ2) is 7.44. The molecule has 110 valence electrons. The van der Waals surface area contributed by atoms with Crippen molar-refractivity contribution >= 4 is 15.9 Å². The lowest BCUT2D eigenvalue weighted by Gasteiger charge is -2.30. The van der Waals surface area contributed by atoms with Gasteiger partial charge >= 0.3 is 0 Å². The molecule has 1 N–H and O–H groups in total. The molecule has 3 nitrogen and oxygen atoms in total. The molecule has 0 saturated carbocycles. The van der Waals surface area contributed by atoms with Crippen LogP contribution in [0.25, 0.3) is 0 Å². The van der Waals surface area contributed by atoms with Crippen molar-refractivity contribution in [3.63, 3.8) is 0 Å². The minimum absolute atomic E-state index is 0.347. The van der Waals surface area contributed by atoms with E-state index in [1.165, 1.54) is 5.69 Å². The maximum absolute atomic E-state index is 4.52. The number of rotatable bonds is 7. The molecular weight excluding hydrogens is 302 g/mol. The van der Waals surface area contributed by atoms with Gasteiger partial charge in [-0.15, -0.1) is 0 Å². The van der Waals surface area contributed by atoms with E-state index in [9.17, 15) is 0 Å². The summed E-state index contributed by atoms with van der Waals surface area (Å²) in [6, 6.07) is 0.728. The van der Waals surface area contributed by atoms with E-state index in [0.717, 1.165) is 17.4 Å². The molecule has 0 spiro atoms. The molecule has 19 heavy (non-hydrogen) atoms. The van der Waals surface area contributed by atoms with Gasteiger partial charge in [-0.1, -0.05) is 27.7 Å². The first kappa shape index (κ1) is 16.7. The van der Waals surface area contributed by atoms with Crippen LogP contribution in [-0.2, 0) is 0 Å².